The first-order valence-electron chi connectivity index (χ1n) is 5.90. The summed E-state index contributed by atoms with van der Waals surface area (Å²) in [5, 5.41) is 2.56. The molecule has 90 valence electrons. The number of hydrogen-bond donors (Lipinski definition) is 1. The predicted octanol–water partition coefficient (Wildman–Crippen LogP) is 1.87. The number of aryl methyl sites for hydroxylation is 2. The van der Waals surface area contributed by atoms with Crippen LogP contribution in [0.15, 0.2) is 18.2 Å². The smallest absolute Gasteiger partial charge is 0.328 e. The molecule has 3 amide bonds. The van der Waals surface area contributed by atoms with Crippen molar-refractivity contribution in [3.8, 4) is 0 Å². The second kappa shape index (κ2) is 4.57. The molecular weight excluding hydrogens is 216 g/mol. The minimum Gasteiger partial charge on any atom is -0.328 e. The Morgan fingerprint density at radius 1 is 1.18 bits per heavy atom. The average molecular weight is 232 g/mol. The number of anilines is 1. The minimum absolute atomic E-state index is 0.0973. The molecule has 0 bridgehead atoms. The van der Waals surface area contributed by atoms with Gasteiger partial charge in [0.1, 0.15) is 0 Å². The fourth-order valence-electron chi connectivity index (χ4n) is 2.15. The third-order valence-corrected chi connectivity index (χ3v) is 3.03. The fraction of sp³-hybridized carbons (Fsp3) is 0.385. The first-order valence-corrected chi connectivity index (χ1v) is 5.90. The maximum atomic E-state index is 11.8. The highest BCUT2D eigenvalue weighted by Crippen LogP contribution is 2.28. The van der Waals surface area contributed by atoms with E-state index in [1.54, 1.807) is 0 Å². The molecule has 1 aliphatic rings. The molecule has 1 aliphatic heterocycles. The largest absolute Gasteiger partial charge is 0.329 e. The molecule has 0 atom stereocenters. The van der Waals surface area contributed by atoms with Crippen molar-refractivity contribution in [2.75, 3.05) is 11.4 Å². The SMILES string of the molecule is CCc1cccc(CC)c1N1C(=O)CNC1=O. The van der Waals surface area contributed by atoms with Crippen molar-refractivity contribution in [1.29, 1.82) is 0 Å². The molecule has 4 heteroatoms. The lowest BCUT2D eigenvalue weighted by atomic mass is 10.0. The third-order valence-electron chi connectivity index (χ3n) is 3.03. The molecular formula is C13H16N2O2. The quantitative estimate of drug-likeness (QED) is 0.809. The molecule has 0 radical (unpaired) electrons. The van der Waals surface area contributed by atoms with Crippen molar-refractivity contribution < 1.29 is 9.59 Å². The number of amides is 3. The maximum Gasteiger partial charge on any atom is 0.329 e. The molecule has 0 unspecified atom stereocenters. The monoisotopic (exact) mass is 232 g/mol. The fourth-order valence-corrected chi connectivity index (χ4v) is 2.15. The van der Waals surface area contributed by atoms with E-state index < -0.39 is 0 Å². The topological polar surface area (TPSA) is 49.4 Å². The van der Waals surface area contributed by atoms with E-state index in [4.69, 9.17) is 0 Å². The lowest BCUT2D eigenvalue weighted by Gasteiger charge is -2.20. The van der Waals surface area contributed by atoms with Crippen LogP contribution >= 0.6 is 0 Å². The Kier molecular flexibility index (Phi) is 3.13. The summed E-state index contributed by atoms with van der Waals surface area (Å²) in [6.07, 6.45) is 1.61. The Hall–Kier alpha value is -1.84. The Bertz CT molecular complexity index is 430. The Morgan fingerprint density at radius 2 is 1.76 bits per heavy atom. The molecule has 4 nitrogen and oxygen atoms in total. The molecule has 1 fully saturated rings. The normalized spacial score (nSPS) is 15.3. The van der Waals surface area contributed by atoms with Crippen molar-refractivity contribution in [1.82, 2.24) is 5.32 Å². The van der Waals surface area contributed by atoms with Crippen LogP contribution in [0.25, 0.3) is 0 Å². The molecule has 0 aliphatic carbocycles. The summed E-state index contributed by atoms with van der Waals surface area (Å²) in [6, 6.07) is 5.59. The number of carbonyl (C=O) groups is 2. The van der Waals surface area contributed by atoms with Crippen molar-refractivity contribution in [2.45, 2.75) is 26.7 Å². The summed E-state index contributed by atoms with van der Waals surface area (Å²) < 4.78 is 0. The Labute approximate surface area is 101 Å². The van der Waals surface area contributed by atoms with Gasteiger partial charge in [0.15, 0.2) is 0 Å². The van der Waals surface area contributed by atoms with Gasteiger partial charge in [-0.05, 0) is 24.0 Å². The van der Waals surface area contributed by atoms with Gasteiger partial charge >= 0.3 is 6.03 Å². The van der Waals surface area contributed by atoms with E-state index in [0.29, 0.717) is 0 Å². The van der Waals surface area contributed by atoms with Gasteiger partial charge < -0.3 is 5.32 Å². The van der Waals surface area contributed by atoms with Crippen LogP contribution in [0.1, 0.15) is 25.0 Å². The number of rotatable bonds is 3. The summed E-state index contributed by atoms with van der Waals surface area (Å²) >= 11 is 0. The summed E-state index contributed by atoms with van der Waals surface area (Å²) in [6.45, 7) is 4.15. The molecule has 1 saturated heterocycles. The second-order valence-electron chi connectivity index (χ2n) is 4.02. The molecule has 0 aromatic heterocycles. The molecule has 2 rings (SSSR count). The minimum atomic E-state index is -0.314. The van der Waals surface area contributed by atoms with Gasteiger partial charge in [0.05, 0.1) is 12.2 Å². The van der Waals surface area contributed by atoms with Crippen LogP contribution in [0.3, 0.4) is 0 Å². The number of nitrogens with one attached hydrogen (secondary N) is 1. The summed E-state index contributed by atoms with van der Waals surface area (Å²) in [4.78, 5) is 24.8. The van der Waals surface area contributed by atoms with Gasteiger partial charge in [-0.2, -0.15) is 0 Å². The highest BCUT2D eigenvalue weighted by atomic mass is 16.2. The van der Waals surface area contributed by atoms with E-state index in [0.717, 1.165) is 29.7 Å². The van der Waals surface area contributed by atoms with Crippen LogP contribution in [0.4, 0.5) is 10.5 Å². The van der Waals surface area contributed by atoms with E-state index in [1.165, 1.54) is 4.90 Å². The number of hydrogen-bond acceptors (Lipinski definition) is 2. The second-order valence-corrected chi connectivity index (χ2v) is 4.02. The molecule has 0 saturated carbocycles. The van der Waals surface area contributed by atoms with E-state index in [2.05, 4.69) is 5.32 Å². The van der Waals surface area contributed by atoms with Crippen LogP contribution in [0, 0.1) is 0 Å². The lowest BCUT2D eigenvalue weighted by Crippen LogP contribution is -2.32. The molecule has 1 aromatic rings. The van der Waals surface area contributed by atoms with Gasteiger partial charge in [0, 0.05) is 0 Å². The Balaban J connectivity index is 2.56. The van der Waals surface area contributed by atoms with Crippen molar-refractivity contribution in [2.24, 2.45) is 0 Å². The number of urea groups is 1. The van der Waals surface area contributed by atoms with Crippen molar-refractivity contribution in [3.05, 3.63) is 29.3 Å². The van der Waals surface area contributed by atoms with Crippen LogP contribution in [-0.2, 0) is 17.6 Å². The van der Waals surface area contributed by atoms with E-state index in [-0.39, 0.29) is 18.5 Å². The van der Waals surface area contributed by atoms with E-state index >= 15 is 0 Å². The first-order chi connectivity index (χ1) is 8.19. The number of imide groups is 1. The molecule has 0 spiro atoms. The van der Waals surface area contributed by atoms with Gasteiger partial charge in [-0.25, -0.2) is 9.69 Å². The highest BCUT2D eigenvalue weighted by Gasteiger charge is 2.32. The van der Waals surface area contributed by atoms with Crippen molar-refractivity contribution >= 4 is 17.6 Å². The zero-order chi connectivity index (χ0) is 12.4. The maximum absolute atomic E-state index is 11.8. The van der Waals surface area contributed by atoms with Crippen LogP contribution in [-0.4, -0.2) is 18.5 Å². The lowest BCUT2D eigenvalue weighted by molar-refractivity contribution is -0.115. The van der Waals surface area contributed by atoms with Gasteiger partial charge in [-0.3, -0.25) is 4.79 Å². The van der Waals surface area contributed by atoms with Crippen LogP contribution < -0.4 is 10.2 Å². The zero-order valence-corrected chi connectivity index (χ0v) is 10.1. The van der Waals surface area contributed by atoms with Crippen LogP contribution in [0.2, 0.25) is 0 Å². The number of benzene rings is 1. The zero-order valence-electron chi connectivity index (χ0n) is 10.1. The predicted molar refractivity (Wildman–Crippen MR) is 66.1 cm³/mol. The van der Waals surface area contributed by atoms with Gasteiger partial charge in [-0.1, -0.05) is 32.0 Å². The number of para-hydroxylation sites is 1. The average Bonchev–Trinajstić information content (AvgIpc) is 2.68. The van der Waals surface area contributed by atoms with Gasteiger partial charge in [0.25, 0.3) is 5.91 Å². The van der Waals surface area contributed by atoms with E-state index in [1.807, 2.05) is 32.0 Å². The number of nitrogens with zero attached hydrogens (tertiary/aromatic N) is 1. The van der Waals surface area contributed by atoms with Crippen molar-refractivity contribution in [3.63, 3.8) is 0 Å². The summed E-state index contributed by atoms with van der Waals surface area (Å²) in [5.41, 5.74) is 2.85. The third kappa shape index (κ3) is 1.90. The van der Waals surface area contributed by atoms with Gasteiger partial charge in [0.2, 0.25) is 0 Å². The summed E-state index contributed by atoms with van der Waals surface area (Å²) in [7, 11) is 0. The molecule has 17 heavy (non-hydrogen) atoms. The highest BCUT2D eigenvalue weighted by molar-refractivity contribution is 6.20. The molecule has 1 N–H and O–H groups in total. The molecule has 1 heterocycles. The van der Waals surface area contributed by atoms with E-state index in [9.17, 15) is 9.59 Å². The standard InChI is InChI=1S/C13H16N2O2/c1-3-9-6-5-7-10(4-2)12(9)15-11(16)8-14-13(15)17/h5-7H,3-4,8H2,1-2H3,(H,14,17). The molecule has 1 aromatic carbocycles. The van der Waals surface area contributed by atoms with Gasteiger partial charge in [-0.15, -0.1) is 0 Å². The summed E-state index contributed by atoms with van der Waals surface area (Å²) in [5.74, 6) is -0.175. The Morgan fingerprint density at radius 3 is 2.18 bits per heavy atom. The first kappa shape index (κ1) is 11.6. The number of carbonyl (C=O) groups excluding carboxylic acids is 2. The van der Waals surface area contributed by atoms with Crippen LogP contribution in [0.5, 0.6) is 0 Å².